The Hall–Kier alpha value is -2.97. The van der Waals surface area contributed by atoms with Gasteiger partial charge >= 0.3 is 5.97 Å². The molecule has 0 radical (unpaired) electrons. The van der Waals surface area contributed by atoms with Gasteiger partial charge in [0.1, 0.15) is 5.76 Å². The predicted molar refractivity (Wildman–Crippen MR) is 109 cm³/mol. The Morgan fingerprint density at radius 2 is 1.78 bits per heavy atom. The molecule has 0 saturated carbocycles. The van der Waals surface area contributed by atoms with Gasteiger partial charge in [-0.3, -0.25) is 10.1 Å². The average Bonchev–Trinajstić information content (AvgIpc) is 3.12. The predicted octanol–water partition coefficient (Wildman–Crippen LogP) is 4.53. The van der Waals surface area contributed by atoms with Crippen LogP contribution >= 0.6 is 28.1 Å². The van der Waals surface area contributed by atoms with Gasteiger partial charge in [0.25, 0.3) is 5.91 Å². The number of amides is 1. The fraction of sp³-hybridized carbons (Fsp3) is 0. The second-order valence-electron chi connectivity index (χ2n) is 5.46. The summed E-state index contributed by atoms with van der Waals surface area (Å²) < 4.78 is 6.52. The van der Waals surface area contributed by atoms with E-state index in [0.717, 1.165) is 10.0 Å². The van der Waals surface area contributed by atoms with Crippen LogP contribution in [0, 0.1) is 0 Å². The quantitative estimate of drug-likeness (QED) is 0.511. The second kappa shape index (κ2) is 8.15. The van der Waals surface area contributed by atoms with Gasteiger partial charge in [0.2, 0.25) is 0 Å². The Morgan fingerprint density at radius 3 is 2.48 bits per heavy atom. The number of carbonyl (C=O) groups excluding carboxylic acids is 1. The van der Waals surface area contributed by atoms with Crippen LogP contribution in [0.1, 0.15) is 20.9 Å². The number of rotatable bonds is 4. The molecule has 136 valence electrons. The summed E-state index contributed by atoms with van der Waals surface area (Å²) in [5.41, 5.74) is 1.40. The molecule has 0 aliphatic heterocycles. The number of halogens is 1. The van der Waals surface area contributed by atoms with Crippen LogP contribution in [0.3, 0.4) is 0 Å². The third-order valence-corrected chi connectivity index (χ3v) is 4.29. The minimum atomic E-state index is -1.05. The molecule has 1 amide bonds. The molecule has 27 heavy (non-hydrogen) atoms. The molecule has 3 N–H and O–H groups in total. The first-order valence-corrected chi connectivity index (χ1v) is 8.94. The largest absolute Gasteiger partial charge is 0.478 e. The van der Waals surface area contributed by atoms with Crippen molar-refractivity contribution >= 4 is 50.8 Å². The molecule has 2 aromatic carbocycles. The molecule has 6 nitrogen and oxygen atoms in total. The minimum absolute atomic E-state index is 0.0316. The van der Waals surface area contributed by atoms with E-state index < -0.39 is 11.9 Å². The molecule has 0 fully saturated rings. The fourth-order valence-corrected chi connectivity index (χ4v) is 2.76. The van der Waals surface area contributed by atoms with Gasteiger partial charge in [-0.05, 0) is 54.7 Å². The van der Waals surface area contributed by atoms with Crippen molar-refractivity contribution in [2.45, 2.75) is 0 Å². The van der Waals surface area contributed by atoms with Crippen molar-refractivity contribution in [3.63, 3.8) is 0 Å². The summed E-state index contributed by atoms with van der Waals surface area (Å²) in [7, 11) is 0. The first kappa shape index (κ1) is 18.8. The number of carboxylic acids is 1. The standard InChI is InChI=1S/C19H13BrN2O4S/c20-13-6-4-11(5-7-13)15-8-9-16(26-15)17(23)22-19(27)21-14-3-1-2-12(10-14)18(24)25/h1-10H,(H,24,25)(H2,21,22,23,27). The zero-order chi connectivity index (χ0) is 19.4. The maximum Gasteiger partial charge on any atom is 0.335 e. The Bertz CT molecular complexity index is 1010. The van der Waals surface area contributed by atoms with E-state index in [1.165, 1.54) is 12.1 Å². The lowest BCUT2D eigenvalue weighted by Gasteiger charge is -2.09. The number of benzene rings is 2. The van der Waals surface area contributed by atoms with Crippen molar-refractivity contribution in [1.29, 1.82) is 0 Å². The third-order valence-electron chi connectivity index (χ3n) is 3.55. The first-order chi connectivity index (χ1) is 12.9. The van der Waals surface area contributed by atoms with Gasteiger partial charge in [-0.2, -0.15) is 0 Å². The summed E-state index contributed by atoms with van der Waals surface area (Å²) in [5, 5.41) is 14.3. The van der Waals surface area contributed by atoms with Crippen molar-refractivity contribution in [3.8, 4) is 11.3 Å². The summed E-state index contributed by atoms with van der Waals surface area (Å²) >= 11 is 8.46. The summed E-state index contributed by atoms with van der Waals surface area (Å²) in [6, 6.07) is 16.8. The summed E-state index contributed by atoms with van der Waals surface area (Å²) in [4.78, 5) is 23.3. The highest BCUT2D eigenvalue weighted by atomic mass is 79.9. The van der Waals surface area contributed by atoms with Crippen LogP contribution < -0.4 is 10.6 Å². The Labute approximate surface area is 168 Å². The van der Waals surface area contributed by atoms with E-state index in [9.17, 15) is 9.59 Å². The molecule has 1 aromatic heterocycles. The van der Waals surface area contributed by atoms with Gasteiger partial charge in [-0.25, -0.2) is 4.79 Å². The van der Waals surface area contributed by atoms with Gasteiger partial charge in [0, 0.05) is 15.7 Å². The van der Waals surface area contributed by atoms with E-state index in [1.54, 1.807) is 24.3 Å². The Balaban J connectivity index is 1.65. The molecule has 3 rings (SSSR count). The van der Waals surface area contributed by atoms with Gasteiger partial charge in [0.05, 0.1) is 5.56 Å². The van der Waals surface area contributed by atoms with Crippen LogP contribution in [0.2, 0.25) is 0 Å². The van der Waals surface area contributed by atoms with Crippen molar-refractivity contribution in [2.24, 2.45) is 0 Å². The number of carbonyl (C=O) groups is 2. The number of nitrogens with one attached hydrogen (secondary N) is 2. The minimum Gasteiger partial charge on any atom is -0.478 e. The van der Waals surface area contributed by atoms with E-state index in [4.69, 9.17) is 21.7 Å². The smallest absolute Gasteiger partial charge is 0.335 e. The highest BCUT2D eigenvalue weighted by Gasteiger charge is 2.14. The zero-order valence-corrected chi connectivity index (χ0v) is 16.1. The van der Waals surface area contributed by atoms with Crippen LogP contribution in [-0.2, 0) is 0 Å². The Morgan fingerprint density at radius 1 is 1.04 bits per heavy atom. The van der Waals surface area contributed by atoms with Crippen LogP contribution in [0.5, 0.6) is 0 Å². The number of hydrogen-bond acceptors (Lipinski definition) is 4. The second-order valence-corrected chi connectivity index (χ2v) is 6.79. The van der Waals surface area contributed by atoms with E-state index in [0.29, 0.717) is 11.4 Å². The molecule has 0 bridgehead atoms. The first-order valence-electron chi connectivity index (χ1n) is 7.74. The maximum atomic E-state index is 12.3. The molecule has 0 saturated heterocycles. The topological polar surface area (TPSA) is 91.6 Å². The molecule has 0 spiro atoms. The summed E-state index contributed by atoms with van der Waals surface area (Å²) in [6.45, 7) is 0. The van der Waals surface area contributed by atoms with Gasteiger partial charge in [-0.15, -0.1) is 0 Å². The van der Waals surface area contributed by atoms with E-state index in [2.05, 4.69) is 26.6 Å². The fourth-order valence-electron chi connectivity index (χ4n) is 2.29. The molecular formula is C19H13BrN2O4S. The molecule has 8 heteroatoms. The molecule has 1 heterocycles. The zero-order valence-electron chi connectivity index (χ0n) is 13.7. The number of furan rings is 1. The molecular weight excluding hydrogens is 432 g/mol. The lowest BCUT2D eigenvalue weighted by molar-refractivity contribution is 0.0696. The molecule has 0 atom stereocenters. The van der Waals surface area contributed by atoms with Gasteiger partial charge in [0.15, 0.2) is 10.9 Å². The highest BCUT2D eigenvalue weighted by molar-refractivity contribution is 9.10. The van der Waals surface area contributed by atoms with E-state index in [-0.39, 0.29) is 16.4 Å². The number of thiocarbonyl (C=S) groups is 1. The molecule has 0 aliphatic carbocycles. The number of anilines is 1. The maximum absolute atomic E-state index is 12.3. The Kier molecular flexibility index (Phi) is 5.68. The SMILES string of the molecule is O=C(O)c1cccc(NC(=S)NC(=O)c2ccc(-c3ccc(Br)cc3)o2)c1. The summed E-state index contributed by atoms with van der Waals surface area (Å²) in [5.74, 6) is -0.896. The van der Waals surface area contributed by atoms with Crippen molar-refractivity contribution in [3.05, 3.63) is 76.5 Å². The number of hydrogen-bond donors (Lipinski definition) is 3. The van der Waals surface area contributed by atoms with Gasteiger partial charge in [-0.1, -0.05) is 34.1 Å². The van der Waals surface area contributed by atoms with Gasteiger partial charge < -0.3 is 14.8 Å². The average molecular weight is 445 g/mol. The third kappa shape index (κ3) is 4.81. The molecule has 0 unspecified atom stereocenters. The monoisotopic (exact) mass is 444 g/mol. The number of carboxylic acid groups (broad SMARTS) is 1. The summed E-state index contributed by atoms with van der Waals surface area (Å²) in [6.07, 6.45) is 0. The lowest BCUT2D eigenvalue weighted by atomic mass is 10.2. The van der Waals surface area contributed by atoms with Crippen molar-refractivity contribution in [2.75, 3.05) is 5.32 Å². The van der Waals surface area contributed by atoms with Crippen LogP contribution in [-0.4, -0.2) is 22.1 Å². The number of aromatic carboxylic acids is 1. The highest BCUT2D eigenvalue weighted by Crippen LogP contribution is 2.24. The lowest BCUT2D eigenvalue weighted by Crippen LogP contribution is -2.33. The van der Waals surface area contributed by atoms with Crippen molar-refractivity contribution < 1.29 is 19.1 Å². The van der Waals surface area contributed by atoms with E-state index in [1.807, 2.05) is 24.3 Å². The molecule has 3 aromatic rings. The molecule has 0 aliphatic rings. The van der Waals surface area contributed by atoms with Crippen LogP contribution in [0.4, 0.5) is 5.69 Å². The van der Waals surface area contributed by atoms with Crippen LogP contribution in [0.25, 0.3) is 11.3 Å². The van der Waals surface area contributed by atoms with Crippen LogP contribution in [0.15, 0.2) is 69.6 Å². The normalized spacial score (nSPS) is 10.3. The van der Waals surface area contributed by atoms with Crippen molar-refractivity contribution in [1.82, 2.24) is 5.32 Å². The van der Waals surface area contributed by atoms with E-state index >= 15 is 0 Å².